The van der Waals surface area contributed by atoms with Crippen molar-refractivity contribution in [2.75, 3.05) is 56.7 Å². The summed E-state index contributed by atoms with van der Waals surface area (Å²) in [6.07, 6.45) is 13.9. The summed E-state index contributed by atoms with van der Waals surface area (Å²) < 4.78 is 28.4. The van der Waals surface area contributed by atoms with E-state index < -0.39 is 33.8 Å². The number of aryl methyl sites for hydroxylation is 1. The predicted molar refractivity (Wildman–Crippen MR) is 189 cm³/mol. The van der Waals surface area contributed by atoms with Crippen LogP contribution in [0.1, 0.15) is 57.3 Å². The van der Waals surface area contributed by atoms with Crippen molar-refractivity contribution in [3.63, 3.8) is 0 Å². The fraction of sp³-hybridized carbons (Fsp3) is 0.618. The number of nitrogens with zero attached hydrogens (tertiary/aromatic N) is 3. The van der Waals surface area contributed by atoms with Crippen LogP contribution in [0.2, 0.25) is 0 Å². The lowest BCUT2D eigenvalue weighted by Gasteiger charge is -2.32. The maximum absolute atomic E-state index is 15.7. The number of ether oxygens (including phenoxy) is 2. The number of halogens is 1. The standard InChI is InChI=1S/C34H54FN7O4S/c1-8-28-30(24(3)41-42(28)22-46-20-21-47(5,6)7)26-14-15-29(38-32(26)35)39-34(44)31(25-12-10-23(2)11-13-25)40-33(43)27(16-17-36)37-18-9-19-45-4/h14-17,23,25,31,36-37H,8-13,18-22H2,1-7H3,(H,40,43)(H,38,39,44)/b27-16-,36-17?/t23-,25-,31-/m0/s1. The molecule has 0 aliphatic heterocycles. The number of aromatic nitrogens is 3. The molecule has 2 aromatic rings. The first-order valence-electron chi connectivity index (χ1n) is 16.4. The zero-order chi connectivity index (χ0) is 34.6. The van der Waals surface area contributed by atoms with Crippen molar-refractivity contribution in [1.29, 1.82) is 5.41 Å². The minimum atomic E-state index is -0.860. The van der Waals surface area contributed by atoms with Gasteiger partial charge in [0.05, 0.1) is 12.3 Å². The molecule has 0 radical (unpaired) electrons. The molecule has 2 amide bonds. The van der Waals surface area contributed by atoms with E-state index in [0.717, 1.165) is 43.3 Å². The molecule has 11 nitrogen and oxygen atoms in total. The molecule has 2 heterocycles. The van der Waals surface area contributed by atoms with Crippen LogP contribution in [0.4, 0.5) is 10.2 Å². The van der Waals surface area contributed by atoms with Gasteiger partial charge in [-0.25, -0.2) is 19.7 Å². The van der Waals surface area contributed by atoms with Gasteiger partial charge >= 0.3 is 0 Å². The van der Waals surface area contributed by atoms with Gasteiger partial charge in [-0.05, 0) is 81.4 Å². The maximum Gasteiger partial charge on any atom is 0.268 e. The summed E-state index contributed by atoms with van der Waals surface area (Å²) in [5, 5.41) is 20.8. The molecule has 1 saturated carbocycles. The van der Waals surface area contributed by atoms with Crippen molar-refractivity contribution in [2.24, 2.45) is 11.8 Å². The molecule has 0 aromatic carbocycles. The SMILES string of the molecule is CCc1c(-c2ccc(NC(=O)[C@@H](NC(=O)/C(=C/C=N)NCCCOC)[C@H]3CC[C@H](C)CC3)nc2F)c(C)nn1COCCS(C)(C)C. The number of pyridine rings is 1. The molecule has 0 bridgehead atoms. The van der Waals surface area contributed by atoms with E-state index in [2.05, 4.69) is 51.7 Å². The number of methoxy groups -OCH3 is 1. The largest absolute Gasteiger partial charge is 0.385 e. The molecule has 1 aliphatic carbocycles. The molecule has 1 fully saturated rings. The second-order valence-electron chi connectivity index (χ2n) is 13.1. The van der Waals surface area contributed by atoms with Gasteiger partial charge in [0.15, 0.2) is 0 Å². The van der Waals surface area contributed by atoms with Crippen LogP contribution >= 0.6 is 10.0 Å². The molecule has 2 aromatic heterocycles. The predicted octanol–water partition coefficient (Wildman–Crippen LogP) is 5.03. The number of hydrogen-bond donors (Lipinski definition) is 4. The normalized spacial score (nSPS) is 18.0. The third-order valence-corrected chi connectivity index (χ3v) is 9.82. The second kappa shape index (κ2) is 18.3. The van der Waals surface area contributed by atoms with Crippen LogP contribution in [0.15, 0.2) is 23.9 Å². The third-order valence-electron chi connectivity index (χ3n) is 8.43. The van der Waals surface area contributed by atoms with Gasteiger partial charge in [0.2, 0.25) is 11.9 Å². The van der Waals surface area contributed by atoms with Crippen molar-refractivity contribution in [2.45, 2.75) is 72.1 Å². The van der Waals surface area contributed by atoms with Gasteiger partial charge in [-0.3, -0.25) is 9.59 Å². The van der Waals surface area contributed by atoms with Crippen LogP contribution < -0.4 is 16.0 Å². The van der Waals surface area contributed by atoms with Crippen LogP contribution in [0.25, 0.3) is 11.1 Å². The highest BCUT2D eigenvalue weighted by Gasteiger charge is 2.33. The van der Waals surface area contributed by atoms with E-state index in [1.54, 1.807) is 23.9 Å². The highest BCUT2D eigenvalue weighted by Crippen LogP contribution is 2.34. The first-order valence-corrected chi connectivity index (χ1v) is 19.4. The summed E-state index contributed by atoms with van der Waals surface area (Å²) in [7, 11) is 0.934. The summed E-state index contributed by atoms with van der Waals surface area (Å²) in [5.74, 6) is -0.167. The number of carbonyl (C=O) groups is 2. The molecule has 3 rings (SSSR count). The minimum Gasteiger partial charge on any atom is -0.385 e. The number of hydrogen-bond acceptors (Lipinski definition) is 8. The van der Waals surface area contributed by atoms with E-state index in [-0.39, 0.29) is 24.2 Å². The number of anilines is 1. The number of carbonyl (C=O) groups excluding carboxylic acids is 2. The van der Waals surface area contributed by atoms with Crippen molar-refractivity contribution in [3.8, 4) is 11.1 Å². The third kappa shape index (κ3) is 11.4. The molecule has 262 valence electrons. The topological polar surface area (TPSA) is 143 Å². The Kier molecular flexibility index (Phi) is 14.9. The average Bonchev–Trinajstić information content (AvgIpc) is 3.34. The Hall–Kier alpha value is -3.29. The van der Waals surface area contributed by atoms with Crippen LogP contribution in [0.3, 0.4) is 0 Å². The van der Waals surface area contributed by atoms with Crippen molar-refractivity contribution < 1.29 is 23.5 Å². The molecule has 0 spiro atoms. The second-order valence-corrected chi connectivity index (χ2v) is 17.7. The molecule has 0 saturated heterocycles. The van der Waals surface area contributed by atoms with Gasteiger partial charge in [-0.15, -0.1) is 0 Å². The lowest BCUT2D eigenvalue weighted by atomic mass is 9.79. The Labute approximate surface area is 280 Å². The molecular formula is C34H54FN7O4S. The molecule has 0 unspecified atom stereocenters. The first kappa shape index (κ1) is 38.2. The lowest BCUT2D eigenvalue weighted by Crippen LogP contribution is -2.51. The van der Waals surface area contributed by atoms with Crippen molar-refractivity contribution in [1.82, 2.24) is 25.4 Å². The summed E-state index contributed by atoms with van der Waals surface area (Å²) in [5.41, 5.74) is 2.68. The number of nitrogens with one attached hydrogen (secondary N) is 4. The molecular weight excluding hydrogens is 621 g/mol. The highest BCUT2D eigenvalue weighted by molar-refractivity contribution is 8.32. The monoisotopic (exact) mass is 675 g/mol. The molecule has 13 heteroatoms. The van der Waals surface area contributed by atoms with E-state index >= 15 is 4.39 Å². The Morgan fingerprint density at radius 3 is 2.53 bits per heavy atom. The summed E-state index contributed by atoms with van der Waals surface area (Å²) in [6, 6.07) is 2.33. The Balaban J connectivity index is 1.79. The van der Waals surface area contributed by atoms with Crippen LogP contribution in [0.5, 0.6) is 0 Å². The Morgan fingerprint density at radius 2 is 1.91 bits per heavy atom. The zero-order valence-corrected chi connectivity index (χ0v) is 29.9. The van der Waals surface area contributed by atoms with E-state index in [1.807, 2.05) is 13.8 Å². The van der Waals surface area contributed by atoms with Gasteiger partial charge in [0.25, 0.3) is 5.91 Å². The van der Waals surface area contributed by atoms with Crippen molar-refractivity contribution in [3.05, 3.63) is 41.2 Å². The lowest BCUT2D eigenvalue weighted by molar-refractivity contribution is -0.126. The first-order chi connectivity index (χ1) is 22.4. The van der Waals surface area contributed by atoms with Gasteiger partial charge in [-0.2, -0.15) is 9.49 Å². The highest BCUT2D eigenvalue weighted by atomic mass is 32.3. The summed E-state index contributed by atoms with van der Waals surface area (Å²) >= 11 is 0. The van der Waals surface area contributed by atoms with Crippen LogP contribution in [-0.2, 0) is 32.2 Å². The zero-order valence-electron chi connectivity index (χ0n) is 29.1. The Bertz CT molecular complexity index is 1380. The average molecular weight is 676 g/mol. The van der Waals surface area contributed by atoms with Gasteiger partial charge < -0.3 is 30.8 Å². The fourth-order valence-electron chi connectivity index (χ4n) is 5.77. The molecule has 47 heavy (non-hydrogen) atoms. The summed E-state index contributed by atoms with van der Waals surface area (Å²) in [4.78, 5) is 31.1. The number of allylic oxidation sites excluding steroid dienone is 1. The fourth-order valence-corrected chi connectivity index (χ4v) is 6.39. The van der Waals surface area contributed by atoms with Crippen LogP contribution in [0, 0.1) is 30.1 Å². The number of amides is 2. The smallest absolute Gasteiger partial charge is 0.268 e. The van der Waals surface area contributed by atoms with E-state index in [9.17, 15) is 9.59 Å². The quantitative estimate of drug-likeness (QED) is 0.0751. The molecule has 1 atom stereocenters. The molecule has 1 aliphatic rings. The maximum atomic E-state index is 15.7. The van der Waals surface area contributed by atoms with Gasteiger partial charge in [0.1, 0.15) is 24.3 Å². The van der Waals surface area contributed by atoms with E-state index in [4.69, 9.17) is 14.9 Å². The van der Waals surface area contributed by atoms with Gasteiger partial charge in [0, 0.05) is 49.0 Å². The van der Waals surface area contributed by atoms with Gasteiger partial charge in [-0.1, -0.05) is 26.7 Å². The van der Waals surface area contributed by atoms with Crippen molar-refractivity contribution >= 4 is 33.9 Å². The Morgan fingerprint density at radius 1 is 1.19 bits per heavy atom. The molecule has 4 N–H and O–H groups in total. The summed E-state index contributed by atoms with van der Waals surface area (Å²) in [6.45, 7) is 7.93. The van der Waals surface area contributed by atoms with E-state index in [1.165, 1.54) is 6.08 Å². The minimum absolute atomic E-state index is 0.0590. The van der Waals surface area contributed by atoms with E-state index in [0.29, 0.717) is 55.3 Å². The number of rotatable bonds is 18. The van der Waals surface area contributed by atoms with Crippen LogP contribution in [-0.4, -0.2) is 90.2 Å².